The van der Waals surface area contributed by atoms with E-state index in [0.29, 0.717) is 5.69 Å². The number of aromatic nitrogens is 3. The molecule has 0 unspecified atom stereocenters. The molecular formula is C13H16N4O. The van der Waals surface area contributed by atoms with Gasteiger partial charge >= 0.3 is 0 Å². The predicted octanol–water partition coefficient (Wildman–Crippen LogP) is 1.58. The van der Waals surface area contributed by atoms with Crippen LogP contribution in [0.25, 0.3) is 5.69 Å². The fraction of sp³-hybridized carbons (Fsp3) is 0.308. The highest BCUT2D eigenvalue weighted by Gasteiger charge is 2.08. The summed E-state index contributed by atoms with van der Waals surface area (Å²) in [5, 5.41) is 2.57. The lowest BCUT2D eigenvalue weighted by atomic mass is 10.2. The molecule has 2 rings (SSSR count). The first-order valence-corrected chi connectivity index (χ1v) is 5.97. The van der Waals surface area contributed by atoms with Crippen molar-refractivity contribution >= 4 is 5.91 Å². The van der Waals surface area contributed by atoms with Crippen LogP contribution >= 0.6 is 0 Å². The van der Waals surface area contributed by atoms with Gasteiger partial charge in [-0.3, -0.25) is 9.78 Å². The third-order valence-corrected chi connectivity index (χ3v) is 2.67. The first-order valence-electron chi connectivity index (χ1n) is 5.97. The van der Waals surface area contributed by atoms with E-state index in [1.807, 2.05) is 16.8 Å². The SMILES string of the molecule is CCCc1nccn1-c1ccnc(C(=O)NC)c1. The van der Waals surface area contributed by atoms with E-state index in [2.05, 4.69) is 22.2 Å². The minimum Gasteiger partial charge on any atom is -0.354 e. The van der Waals surface area contributed by atoms with Crippen LogP contribution in [-0.2, 0) is 6.42 Å². The molecule has 0 aliphatic rings. The van der Waals surface area contributed by atoms with Gasteiger partial charge in [-0.15, -0.1) is 0 Å². The van der Waals surface area contributed by atoms with Crippen molar-refractivity contribution in [2.24, 2.45) is 0 Å². The molecule has 0 aliphatic carbocycles. The Hall–Kier alpha value is -2.17. The van der Waals surface area contributed by atoms with Gasteiger partial charge in [0.25, 0.3) is 5.91 Å². The summed E-state index contributed by atoms with van der Waals surface area (Å²) in [6, 6.07) is 3.63. The van der Waals surface area contributed by atoms with Crippen LogP contribution in [0.1, 0.15) is 29.7 Å². The number of carbonyl (C=O) groups excluding carboxylic acids is 1. The van der Waals surface area contributed by atoms with E-state index in [9.17, 15) is 4.79 Å². The second kappa shape index (κ2) is 5.44. The van der Waals surface area contributed by atoms with Gasteiger partial charge in [-0.05, 0) is 18.6 Å². The van der Waals surface area contributed by atoms with Gasteiger partial charge in [0.1, 0.15) is 11.5 Å². The third kappa shape index (κ3) is 2.40. The standard InChI is InChI=1S/C13H16N4O/c1-3-4-12-16-7-8-17(12)10-5-6-15-11(9-10)13(18)14-2/h5-9H,3-4H2,1-2H3,(H,14,18). The van der Waals surface area contributed by atoms with E-state index in [1.54, 1.807) is 25.5 Å². The smallest absolute Gasteiger partial charge is 0.269 e. The molecule has 0 fully saturated rings. The van der Waals surface area contributed by atoms with Gasteiger partial charge in [0.05, 0.1) is 5.69 Å². The number of aryl methyl sites for hydroxylation is 1. The number of amides is 1. The van der Waals surface area contributed by atoms with E-state index in [1.165, 1.54) is 0 Å². The Labute approximate surface area is 106 Å². The maximum absolute atomic E-state index is 11.5. The van der Waals surface area contributed by atoms with Crippen molar-refractivity contribution in [1.29, 1.82) is 0 Å². The van der Waals surface area contributed by atoms with Crippen LogP contribution in [0.2, 0.25) is 0 Å². The van der Waals surface area contributed by atoms with Crippen molar-refractivity contribution in [3.8, 4) is 5.69 Å². The molecule has 0 bridgehead atoms. The molecule has 2 aromatic rings. The van der Waals surface area contributed by atoms with Gasteiger partial charge in [-0.25, -0.2) is 4.98 Å². The lowest BCUT2D eigenvalue weighted by molar-refractivity contribution is 0.0958. The Balaban J connectivity index is 2.38. The quantitative estimate of drug-likeness (QED) is 0.888. The summed E-state index contributed by atoms with van der Waals surface area (Å²) in [6.07, 6.45) is 7.24. The molecule has 2 heterocycles. The molecule has 1 N–H and O–H groups in total. The summed E-state index contributed by atoms with van der Waals surface area (Å²) in [4.78, 5) is 19.9. The zero-order chi connectivity index (χ0) is 13.0. The molecule has 0 aliphatic heterocycles. The summed E-state index contributed by atoms with van der Waals surface area (Å²) >= 11 is 0. The van der Waals surface area contributed by atoms with Crippen molar-refractivity contribution < 1.29 is 4.79 Å². The van der Waals surface area contributed by atoms with E-state index in [4.69, 9.17) is 0 Å². The normalized spacial score (nSPS) is 10.3. The molecule has 18 heavy (non-hydrogen) atoms. The predicted molar refractivity (Wildman–Crippen MR) is 68.7 cm³/mol. The first-order chi connectivity index (χ1) is 8.76. The number of nitrogens with one attached hydrogen (secondary N) is 1. The highest BCUT2D eigenvalue weighted by Crippen LogP contribution is 2.12. The Morgan fingerprint density at radius 3 is 2.94 bits per heavy atom. The lowest BCUT2D eigenvalue weighted by Crippen LogP contribution is -2.19. The fourth-order valence-corrected chi connectivity index (χ4v) is 1.80. The third-order valence-electron chi connectivity index (χ3n) is 2.67. The number of imidazole rings is 1. The van der Waals surface area contributed by atoms with Crippen LogP contribution in [0.5, 0.6) is 0 Å². The molecule has 5 heteroatoms. The van der Waals surface area contributed by atoms with E-state index >= 15 is 0 Å². The zero-order valence-corrected chi connectivity index (χ0v) is 10.6. The molecule has 0 saturated heterocycles. The summed E-state index contributed by atoms with van der Waals surface area (Å²) in [6.45, 7) is 2.11. The Morgan fingerprint density at radius 1 is 1.39 bits per heavy atom. The number of hydrogen-bond acceptors (Lipinski definition) is 3. The Kier molecular flexibility index (Phi) is 3.72. The Bertz CT molecular complexity index is 547. The average molecular weight is 244 g/mol. The van der Waals surface area contributed by atoms with Crippen molar-refractivity contribution in [3.05, 3.63) is 42.2 Å². The van der Waals surface area contributed by atoms with E-state index in [-0.39, 0.29) is 5.91 Å². The zero-order valence-electron chi connectivity index (χ0n) is 10.6. The highest BCUT2D eigenvalue weighted by atomic mass is 16.1. The van der Waals surface area contributed by atoms with Gasteiger partial charge in [0.2, 0.25) is 0 Å². The summed E-state index contributed by atoms with van der Waals surface area (Å²) in [5.41, 5.74) is 1.32. The van der Waals surface area contributed by atoms with Crippen molar-refractivity contribution in [3.63, 3.8) is 0 Å². The largest absolute Gasteiger partial charge is 0.354 e. The molecule has 5 nitrogen and oxygen atoms in total. The van der Waals surface area contributed by atoms with E-state index < -0.39 is 0 Å². The number of rotatable bonds is 4. The minimum absolute atomic E-state index is 0.186. The number of carbonyl (C=O) groups is 1. The monoisotopic (exact) mass is 244 g/mol. The van der Waals surface area contributed by atoms with Gasteiger partial charge in [0, 0.05) is 32.1 Å². The molecule has 94 valence electrons. The maximum atomic E-state index is 11.5. The van der Waals surface area contributed by atoms with Gasteiger partial charge < -0.3 is 9.88 Å². The summed E-state index contributed by atoms with van der Waals surface area (Å²) in [5.74, 6) is 0.806. The molecule has 2 aromatic heterocycles. The minimum atomic E-state index is -0.186. The van der Waals surface area contributed by atoms with Crippen LogP contribution in [0.4, 0.5) is 0 Å². The molecular weight excluding hydrogens is 228 g/mol. The van der Waals surface area contributed by atoms with Crippen LogP contribution in [0.15, 0.2) is 30.7 Å². The van der Waals surface area contributed by atoms with Crippen molar-refractivity contribution in [2.45, 2.75) is 19.8 Å². The van der Waals surface area contributed by atoms with Crippen molar-refractivity contribution in [1.82, 2.24) is 19.9 Å². The maximum Gasteiger partial charge on any atom is 0.269 e. The summed E-state index contributed by atoms with van der Waals surface area (Å²) < 4.78 is 1.98. The van der Waals surface area contributed by atoms with Crippen LogP contribution < -0.4 is 5.32 Å². The molecule has 1 amide bonds. The number of hydrogen-bond donors (Lipinski definition) is 1. The molecule has 0 spiro atoms. The van der Waals surface area contributed by atoms with Gasteiger partial charge in [-0.1, -0.05) is 6.92 Å². The highest BCUT2D eigenvalue weighted by molar-refractivity contribution is 5.92. The average Bonchev–Trinajstić information content (AvgIpc) is 2.87. The lowest BCUT2D eigenvalue weighted by Gasteiger charge is -2.08. The number of pyridine rings is 1. The summed E-state index contributed by atoms with van der Waals surface area (Å²) in [7, 11) is 1.59. The number of nitrogens with zero attached hydrogens (tertiary/aromatic N) is 3. The fourth-order valence-electron chi connectivity index (χ4n) is 1.80. The van der Waals surface area contributed by atoms with Crippen LogP contribution in [0.3, 0.4) is 0 Å². The molecule has 0 atom stereocenters. The second-order valence-electron chi connectivity index (χ2n) is 3.94. The Morgan fingerprint density at radius 2 is 2.22 bits per heavy atom. The van der Waals surface area contributed by atoms with E-state index in [0.717, 1.165) is 24.4 Å². The van der Waals surface area contributed by atoms with Gasteiger partial charge in [0.15, 0.2) is 0 Å². The van der Waals surface area contributed by atoms with Crippen molar-refractivity contribution in [2.75, 3.05) is 7.05 Å². The molecule has 0 saturated carbocycles. The first kappa shape index (κ1) is 12.3. The van der Waals surface area contributed by atoms with Crippen LogP contribution in [-0.4, -0.2) is 27.5 Å². The van der Waals surface area contributed by atoms with Gasteiger partial charge in [-0.2, -0.15) is 0 Å². The van der Waals surface area contributed by atoms with Crippen LogP contribution in [0, 0.1) is 0 Å². The second-order valence-corrected chi connectivity index (χ2v) is 3.94. The molecule has 0 aromatic carbocycles. The topological polar surface area (TPSA) is 59.8 Å². The molecule has 0 radical (unpaired) electrons.